The van der Waals surface area contributed by atoms with Crippen molar-refractivity contribution in [2.75, 3.05) is 0 Å². The molecule has 6 heteroatoms. The van der Waals surface area contributed by atoms with Crippen LogP contribution in [-0.4, -0.2) is 9.97 Å². The summed E-state index contributed by atoms with van der Waals surface area (Å²) >= 11 is 12.9. The fourth-order valence-electron chi connectivity index (χ4n) is 2.58. The molecule has 0 unspecified atom stereocenters. The number of aromatic nitrogens is 2. The van der Waals surface area contributed by atoms with Crippen LogP contribution in [0.2, 0.25) is 5.02 Å². The zero-order valence-corrected chi connectivity index (χ0v) is 16.9. The first-order valence-corrected chi connectivity index (χ1v) is 10.6. The average molecular weight is 448 g/mol. The number of hydrogen-bond donors (Lipinski definition) is 0. The Bertz CT molecular complexity index is 1030. The van der Waals surface area contributed by atoms with Crippen LogP contribution in [0.1, 0.15) is 5.56 Å². The van der Waals surface area contributed by atoms with E-state index in [9.17, 15) is 0 Å². The van der Waals surface area contributed by atoms with E-state index in [2.05, 4.69) is 61.6 Å². The highest BCUT2D eigenvalue weighted by Gasteiger charge is 2.13. The van der Waals surface area contributed by atoms with Gasteiger partial charge < -0.3 is 0 Å². The normalized spacial score (nSPS) is 11.1. The van der Waals surface area contributed by atoms with Crippen LogP contribution >= 0.6 is 50.6 Å². The minimum atomic E-state index is 0.761. The second kappa shape index (κ2) is 7.46. The summed E-state index contributed by atoms with van der Waals surface area (Å²) in [6.45, 7) is 0. The lowest BCUT2D eigenvalue weighted by molar-refractivity contribution is 1.11. The Morgan fingerprint density at radius 2 is 1.92 bits per heavy atom. The molecule has 0 spiro atoms. The molecule has 0 aliphatic carbocycles. The fraction of sp³-hybridized carbons (Fsp3) is 0.0526. The fourth-order valence-corrected chi connectivity index (χ4v) is 4.99. The number of benzene rings is 2. The summed E-state index contributed by atoms with van der Waals surface area (Å²) in [7, 11) is 0. The number of hydrogen-bond acceptors (Lipinski definition) is 4. The van der Waals surface area contributed by atoms with Gasteiger partial charge in [-0.25, -0.2) is 9.97 Å². The second-order valence-electron chi connectivity index (χ2n) is 5.43. The zero-order valence-electron chi connectivity index (χ0n) is 12.9. The molecule has 0 radical (unpaired) electrons. The molecule has 0 atom stereocenters. The van der Waals surface area contributed by atoms with Gasteiger partial charge in [0.25, 0.3) is 0 Å². The van der Waals surface area contributed by atoms with Gasteiger partial charge in [-0.1, -0.05) is 51.8 Å². The highest BCUT2D eigenvalue weighted by atomic mass is 79.9. The molecule has 0 saturated carbocycles. The maximum atomic E-state index is 6.09. The van der Waals surface area contributed by atoms with Gasteiger partial charge in [-0.15, -0.1) is 23.1 Å². The maximum absolute atomic E-state index is 6.09. The molecule has 2 nitrogen and oxygen atoms in total. The third-order valence-corrected chi connectivity index (χ3v) is 6.47. The standard InChI is InChI=1S/C19H12BrClN2S2/c20-14-6-4-13(5-7-14)16-10-25-19-17(16)18(22-11-23-19)24-9-12-2-1-3-15(21)8-12/h1-8,10-11H,9H2. The number of nitrogens with zero attached hydrogens (tertiary/aromatic N) is 2. The van der Waals surface area contributed by atoms with E-state index in [-0.39, 0.29) is 0 Å². The van der Waals surface area contributed by atoms with E-state index in [0.717, 1.165) is 30.5 Å². The van der Waals surface area contributed by atoms with Crippen molar-refractivity contribution >= 4 is 60.8 Å². The van der Waals surface area contributed by atoms with Crippen LogP contribution in [0.3, 0.4) is 0 Å². The summed E-state index contributed by atoms with van der Waals surface area (Å²) in [5, 5.41) is 5.05. The first kappa shape index (κ1) is 17.0. The number of halogens is 2. The van der Waals surface area contributed by atoms with Crippen molar-refractivity contribution in [3.63, 3.8) is 0 Å². The monoisotopic (exact) mass is 446 g/mol. The summed E-state index contributed by atoms with van der Waals surface area (Å²) in [4.78, 5) is 9.99. The third-order valence-electron chi connectivity index (χ3n) is 3.76. The molecule has 25 heavy (non-hydrogen) atoms. The van der Waals surface area contributed by atoms with Gasteiger partial charge in [0, 0.05) is 26.2 Å². The molecule has 0 bridgehead atoms. The summed E-state index contributed by atoms with van der Waals surface area (Å²) in [5.41, 5.74) is 3.54. The van der Waals surface area contributed by atoms with E-state index in [4.69, 9.17) is 11.6 Å². The molecule has 4 aromatic rings. The predicted octanol–water partition coefficient (Wildman–Crippen LogP) is 7.07. The van der Waals surface area contributed by atoms with Crippen molar-refractivity contribution < 1.29 is 0 Å². The van der Waals surface area contributed by atoms with E-state index in [1.165, 1.54) is 16.7 Å². The molecule has 0 N–H and O–H groups in total. The summed E-state index contributed by atoms with van der Waals surface area (Å²) in [6.07, 6.45) is 1.64. The van der Waals surface area contributed by atoms with Gasteiger partial charge in [0.15, 0.2) is 0 Å². The molecule has 0 aliphatic heterocycles. The Balaban J connectivity index is 1.71. The highest BCUT2D eigenvalue weighted by molar-refractivity contribution is 9.10. The largest absolute Gasteiger partial charge is 0.229 e. The van der Waals surface area contributed by atoms with Crippen molar-refractivity contribution in [3.05, 3.63) is 75.3 Å². The molecule has 2 aromatic carbocycles. The first-order valence-electron chi connectivity index (χ1n) is 7.56. The molecule has 0 aliphatic rings. The highest BCUT2D eigenvalue weighted by Crippen LogP contribution is 2.39. The van der Waals surface area contributed by atoms with Gasteiger partial charge in [-0.05, 0) is 35.4 Å². The zero-order chi connectivity index (χ0) is 17.2. The van der Waals surface area contributed by atoms with Gasteiger partial charge in [0.05, 0.1) is 5.39 Å². The van der Waals surface area contributed by atoms with E-state index >= 15 is 0 Å². The minimum absolute atomic E-state index is 0.761. The van der Waals surface area contributed by atoms with Crippen molar-refractivity contribution in [3.8, 4) is 11.1 Å². The Kier molecular flexibility index (Phi) is 5.08. The minimum Gasteiger partial charge on any atom is -0.229 e. The number of fused-ring (bicyclic) bond motifs is 1. The lowest BCUT2D eigenvalue weighted by Gasteiger charge is -2.06. The first-order chi connectivity index (χ1) is 12.2. The number of thiophene rings is 1. The van der Waals surface area contributed by atoms with Gasteiger partial charge >= 0.3 is 0 Å². The van der Waals surface area contributed by atoms with Crippen LogP contribution in [-0.2, 0) is 5.75 Å². The van der Waals surface area contributed by atoms with Crippen LogP contribution in [0.15, 0.2) is 69.7 Å². The molecule has 124 valence electrons. The Labute approximate surface area is 167 Å². The van der Waals surface area contributed by atoms with Gasteiger partial charge in [0.1, 0.15) is 16.2 Å². The molecular formula is C19H12BrClN2S2. The molecule has 0 amide bonds. The van der Waals surface area contributed by atoms with Crippen LogP contribution < -0.4 is 0 Å². The Morgan fingerprint density at radius 3 is 2.72 bits per heavy atom. The lowest BCUT2D eigenvalue weighted by Crippen LogP contribution is -1.87. The van der Waals surface area contributed by atoms with Crippen molar-refractivity contribution in [2.24, 2.45) is 0 Å². The van der Waals surface area contributed by atoms with Gasteiger partial charge in [-0.3, -0.25) is 0 Å². The van der Waals surface area contributed by atoms with E-state index < -0.39 is 0 Å². The maximum Gasteiger partial charge on any atom is 0.128 e. The second-order valence-corrected chi connectivity index (χ2v) is 8.61. The third kappa shape index (κ3) is 3.75. The van der Waals surface area contributed by atoms with Crippen molar-refractivity contribution in [1.29, 1.82) is 0 Å². The molecule has 2 heterocycles. The van der Waals surface area contributed by atoms with E-state index in [1.807, 2.05) is 18.2 Å². The average Bonchev–Trinajstić information content (AvgIpc) is 3.05. The van der Waals surface area contributed by atoms with Crippen molar-refractivity contribution in [2.45, 2.75) is 10.8 Å². The number of thioether (sulfide) groups is 1. The van der Waals surface area contributed by atoms with Crippen LogP contribution in [0.25, 0.3) is 21.3 Å². The molecular weight excluding hydrogens is 436 g/mol. The van der Waals surface area contributed by atoms with E-state index in [0.29, 0.717) is 0 Å². The van der Waals surface area contributed by atoms with Crippen LogP contribution in [0.4, 0.5) is 0 Å². The van der Waals surface area contributed by atoms with Gasteiger partial charge in [0.2, 0.25) is 0 Å². The predicted molar refractivity (Wildman–Crippen MR) is 112 cm³/mol. The summed E-state index contributed by atoms with van der Waals surface area (Å²) in [6, 6.07) is 16.3. The summed E-state index contributed by atoms with van der Waals surface area (Å²) in [5.74, 6) is 0.822. The van der Waals surface area contributed by atoms with Gasteiger partial charge in [-0.2, -0.15) is 0 Å². The molecule has 4 rings (SSSR count). The SMILES string of the molecule is Clc1cccc(CSc2ncnc3scc(-c4ccc(Br)cc4)c23)c1. The Morgan fingerprint density at radius 1 is 1.08 bits per heavy atom. The Hall–Kier alpha value is -1.40. The lowest BCUT2D eigenvalue weighted by atomic mass is 10.1. The molecule has 0 fully saturated rings. The molecule has 2 aromatic heterocycles. The topological polar surface area (TPSA) is 25.8 Å². The molecule has 0 saturated heterocycles. The van der Waals surface area contributed by atoms with E-state index in [1.54, 1.807) is 29.4 Å². The van der Waals surface area contributed by atoms with Crippen molar-refractivity contribution in [1.82, 2.24) is 9.97 Å². The quantitative estimate of drug-likeness (QED) is 0.247. The van der Waals surface area contributed by atoms with Crippen LogP contribution in [0.5, 0.6) is 0 Å². The van der Waals surface area contributed by atoms with Crippen LogP contribution in [0, 0.1) is 0 Å². The smallest absolute Gasteiger partial charge is 0.128 e. The summed E-state index contributed by atoms with van der Waals surface area (Å²) < 4.78 is 1.07. The number of rotatable bonds is 4.